The molecule has 0 saturated heterocycles. The fraction of sp³-hybridized carbons (Fsp3) is 0.440. The van der Waals surface area contributed by atoms with Crippen LogP contribution < -0.4 is 5.32 Å². The average molecular weight is 452 g/mol. The van der Waals surface area contributed by atoms with Crippen LogP contribution in [-0.2, 0) is 4.79 Å². The molecule has 0 aliphatic rings. The molecule has 0 fully saturated rings. The maximum atomic E-state index is 12.6. The van der Waals surface area contributed by atoms with Gasteiger partial charge in [0, 0.05) is 24.0 Å². The second-order valence-corrected chi connectivity index (χ2v) is 9.77. The van der Waals surface area contributed by atoms with Crippen molar-refractivity contribution in [2.24, 2.45) is 5.92 Å². The number of nitrogens with one attached hydrogen (secondary N) is 1. The van der Waals surface area contributed by atoms with Gasteiger partial charge in [0.25, 0.3) is 0 Å². The largest absolute Gasteiger partial charge is 0.353 e. The Labute approximate surface area is 195 Å². The Balaban J connectivity index is 1.86. The number of hydrogen-bond donors (Lipinski definition) is 1. The van der Waals surface area contributed by atoms with Crippen molar-refractivity contribution in [2.75, 3.05) is 5.75 Å². The van der Waals surface area contributed by atoms with Gasteiger partial charge in [-0.25, -0.2) is 0 Å². The summed E-state index contributed by atoms with van der Waals surface area (Å²) in [5, 5.41) is 12.7. The molecule has 32 heavy (non-hydrogen) atoms. The molecule has 0 radical (unpaired) electrons. The van der Waals surface area contributed by atoms with Crippen LogP contribution in [0.4, 0.5) is 0 Å². The zero-order valence-corrected chi connectivity index (χ0v) is 20.4. The van der Waals surface area contributed by atoms with E-state index in [1.807, 2.05) is 28.8 Å². The lowest BCUT2D eigenvalue weighted by Crippen LogP contribution is -2.34. The SMILES string of the molecule is CC(C)CCC(C)NC(=O)CSc1nnc(-c2cccnc2)n1-c1ccccc1C(C)C. The van der Waals surface area contributed by atoms with Crippen molar-refractivity contribution in [3.63, 3.8) is 0 Å². The van der Waals surface area contributed by atoms with Crippen LogP contribution in [0, 0.1) is 5.92 Å². The van der Waals surface area contributed by atoms with Gasteiger partial charge in [-0.05, 0) is 55.4 Å². The molecule has 2 heterocycles. The molecule has 1 N–H and O–H groups in total. The highest BCUT2D eigenvalue weighted by Crippen LogP contribution is 2.31. The minimum absolute atomic E-state index is 0.0147. The summed E-state index contributed by atoms with van der Waals surface area (Å²) in [5.74, 6) is 1.99. The molecule has 170 valence electrons. The van der Waals surface area contributed by atoms with Gasteiger partial charge in [-0.15, -0.1) is 10.2 Å². The van der Waals surface area contributed by atoms with Gasteiger partial charge in [-0.1, -0.05) is 57.7 Å². The quantitative estimate of drug-likeness (QED) is 0.413. The topological polar surface area (TPSA) is 72.7 Å². The number of thioether (sulfide) groups is 1. The summed E-state index contributed by atoms with van der Waals surface area (Å²) in [7, 11) is 0. The Bertz CT molecular complexity index is 1020. The van der Waals surface area contributed by atoms with Crippen LogP contribution in [0.3, 0.4) is 0 Å². The summed E-state index contributed by atoms with van der Waals surface area (Å²) in [6, 6.07) is 12.3. The fourth-order valence-electron chi connectivity index (χ4n) is 3.54. The molecular weight excluding hydrogens is 418 g/mol. The number of amides is 1. The summed E-state index contributed by atoms with van der Waals surface area (Å²) in [5.41, 5.74) is 3.11. The summed E-state index contributed by atoms with van der Waals surface area (Å²) in [6.45, 7) is 10.8. The number of hydrogen-bond acceptors (Lipinski definition) is 5. The third kappa shape index (κ3) is 6.19. The summed E-state index contributed by atoms with van der Waals surface area (Å²) in [6.07, 6.45) is 5.61. The van der Waals surface area contributed by atoms with Crippen LogP contribution in [0.5, 0.6) is 0 Å². The van der Waals surface area contributed by atoms with Gasteiger partial charge >= 0.3 is 0 Å². The average Bonchev–Trinajstić information content (AvgIpc) is 3.20. The van der Waals surface area contributed by atoms with Gasteiger partial charge in [-0.3, -0.25) is 14.3 Å². The molecule has 3 aromatic rings. The standard InChI is InChI=1S/C25H33N5OS/c1-17(2)12-13-19(5)27-23(31)16-32-25-29-28-24(20-9-8-14-26-15-20)30(25)22-11-7-6-10-21(22)18(3)4/h6-11,14-15,17-19H,12-13,16H2,1-5H3,(H,27,31). The third-order valence-electron chi connectivity index (χ3n) is 5.27. The zero-order valence-electron chi connectivity index (χ0n) is 19.6. The van der Waals surface area contributed by atoms with Crippen molar-refractivity contribution in [2.45, 2.75) is 64.6 Å². The third-order valence-corrected chi connectivity index (χ3v) is 6.20. The van der Waals surface area contributed by atoms with E-state index in [-0.39, 0.29) is 11.9 Å². The van der Waals surface area contributed by atoms with E-state index in [4.69, 9.17) is 0 Å². The van der Waals surface area contributed by atoms with E-state index in [0.717, 1.165) is 29.9 Å². The minimum Gasteiger partial charge on any atom is -0.353 e. The van der Waals surface area contributed by atoms with Crippen LogP contribution in [0.2, 0.25) is 0 Å². The first-order chi connectivity index (χ1) is 15.4. The second-order valence-electron chi connectivity index (χ2n) is 8.83. The Morgan fingerprint density at radius 3 is 2.50 bits per heavy atom. The van der Waals surface area contributed by atoms with Crippen molar-refractivity contribution in [3.05, 3.63) is 54.4 Å². The maximum absolute atomic E-state index is 12.6. The van der Waals surface area contributed by atoms with Gasteiger partial charge in [0.05, 0.1) is 11.4 Å². The number of carbonyl (C=O) groups excluding carboxylic acids is 1. The van der Waals surface area contributed by atoms with E-state index >= 15 is 0 Å². The minimum atomic E-state index is 0.0147. The Morgan fingerprint density at radius 1 is 1.03 bits per heavy atom. The summed E-state index contributed by atoms with van der Waals surface area (Å²) in [4.78, 5) is 16.8. The summed E-state index contributed by atoms with van der Waals surface area (Å²) < 4.78 is 2.05. The van der Waals surface area contributed by atoms with Crippen molar-refractivity contribution in [3.8, 4) is 17.1 Å². The Kier molecular flexibility index (Phi) is 8.45. The molecule has 0 aliphatic heterocycles. The highest BCUT2D eigenvalue weighted by atomic mass is 32.2. The van der Waals surface area contributed by atoms with E-state index in [1.54, 1.807) is 12.4 Å². The molecule has 3 rings (SSSR count). The van der Waals surface area contributed by atoms with Crippen LogP contribution in [0.15, 0.2) is 53.9 Å². The van der Waals surface area contributed by atoms with E-state index in [9.17, 15) is 4.79 Å². The summed E-state index contributed by atoms with van der Waals surface area (Å²) >= 11 is 1.41. The van der Waals surface area contributed by atoms with Gasteiger partial charge in [0.1, 0.15) is 0 Å². The van der Waals surface area contributed by atoms with Crippen molar-refractivity contribution in [1.29, 1.82) is 0 Å². The number of pyridine rings is 1. The Hall–Kier alpha value is -2.67. The van der Waals surface area contributed by atoms with E-state index in [0.29, 0.717) is 22.7 Å². The molecule has 0 bridgehead atoms. The van der Waals surface area contributed by atoms with Crippen molar-refractivity contribution < 1.29 is 4.79 Å². The maximum Gasteiger partial charge on any atom is 0.230 e. The highest BCUT2D eigenvalue weighted by molar-refractivity contribution is 7.99. The molecule has 0 saturated carbocycles. The fourth-order valence-corrected chi connectivity index (χ4v) is 4.30. The molecule has 0 aliphatic carbocycles. The van der Waals surface area contributed by atoms with Gasteiger partial charge < -0.3 is 5.32 Å². The molecule has 7 heteroatoms. The first-order valence-electron chi connectivity index (χ1n) is 11.2. The molecule has 6 nitrogen and oxygen atoms in total. The predicted octanol–water partition coefficient (Wildman–Crippen LogP) is 5.49. The van der Waals surface area contributed by atoms with Crippen LogP contribution in [-0.4, -0.2) is 37.5 Å². The zero-order chi connectivity index (χ0) is 23.1. The number of aromatic nitrogens is 4. The lowest BCUT2D eigenvalue weighted by atomic mass is 10.0. The predicted molar refractivity (Wildman–Crippen MR) is 131 cm³/mol. The second kappa shape index (κ2) is 11.3. The molecule has 2 aromatic heterocycles. The van der Waals surface area contributed by atoms with Gasteiger partial charge in [0.15, 0.2) is 11.0 Å². The van der Waals surface area contributed by atoms with E-state index in [1.165, 1.54) is 17.3 Å². The van der Waals surface area contributed by atoms with E-state index in [2.05, 4.69) is 67.2 Å². The van der Waals surface area contributed by atoms with E-state index < -0.39 is 0 Å². The molecule has 1 unspecified atom stereocenters. The number of nitrogens with zero attached hydrogens (tertiary/aromatic N) is 4. The number of benzene rings is 1. The number of carbonyl (C=O) groups is 1. The van der Waals surface area contributed by atoms with Gasteiger partial charge in [-0.2, -0.15) is 0 Å². The molecule has 1 aromatic carbocycles. The lowest BCUT2D eigenvalue weighted by Gasteiger charge is -2.17. The van der Waals surface area contributed by atoms with Crippen molar-refractivity contribution in [1.82, 2.24) is 25.1 Å². The molecule has 1 atom stereocenters. The monoisotopic (exact) mass is 451 g/mol. The van der Waals surface area contributed by atoms with Crippen LogP contribution in [0.25, 0.3) is 17.1 Å². The number of rotatable bonds is 10. The van der Waals surface area contributed by atoms with Gasteiger partial charge in [0.2, 0.25) is 5.91 Å². The first-order valence-corrected chi connectivity index (χ1v) is 12.2. The highest BCUT2D eigenvalue weighted by Gasteiger charge is 2.20. The molecule has 1 amide bonds. The van der Waals surface area contributed by atoms with Crippen molar-refractivity contribution >= 4 is 17.7 Å². The van der Waals surface area contributed by atoms with Crippen LogP contribution >= 0.6 is 11.8 Å². The Morgan fingerprint density at radius 2 is 1.81 bits per heavy atom. The lowest BCUT2D eigenvalue weighted by molar-refractivity contribution is -0.119. The normalized spacial score (nSPS) is 12.3. The molecule has 0 spiro atoms. The first kappa shape index (κ1) is 24.0. The number of para-hydroxylation sites is 1. The smallest absolute Gasteiger partial charge is 0.230 e. The molecular formula is C25H33N5OS. The van der Waals surface area contributed by atoms with Crippen LogP contribution in [0.1, 0.15) is 58.9 Å².